The van der Waals surface area contributed by atoms with Gasteiger partial charge in [0.1, 0.15) is 5.82 Å². The Morgan fingerprint density at radius 1 is 1.32 bits per heavy atom. The lowest BCUT2D eigenvalue weighted by Crippen LogP contribution is -2.43. The summed E-state index contributed by atoms with van der Waals surface area (Å²) in [6.07, 6.45) is 6.33. The van der Waals surface area contributed by atoms with E-state index in [1.54, 1.807) is 29.6 Å². The van der Waals surface area contributed by atoms with Gasteiger partial charge in [-0.15, -0.1) is 0 Å². The van der Waals surface area contributed by atoms with Gasteiger partial charge >= 0.3 is 6.03 Å². The number of carbonyl (C=O) groups is 2. The molecular weight excluding hydrogens is 325 g/mol. The first-order valence-electron chi connectivity index (χ1n) is 8.18. The minimum Gasteiger partial charge on any atom is -0.338 e. The standard InChI is InChI=1S/C17H20FN5O2/c18-13-2-4-15(5-3-13)23-11-14(10-16(23)24)21-17(25)20-6-1-8-22-9-7-19-12-22/h2-5,7,9,12,14H,1,6,8,10-11H2,(H2,20,21,25). The molecule has 0 radical (unpaired) electrons. The average Bonchev–Trinajstić information content (AvgIpc) is 3.22. The molecule has 2 aromatic rings. The summed E-state index contributed by atoms with van der Waals surface area (Å²) >= 11 is 0. The summed E-state index contributed by atoms with van der Waals surface area (Å²) in [6, 6.07) is 5.21. The largest absolute Gasteiger partial charge is 0.338 e. The Morgan fingerprint density at radius 2 is 2.12 bits per heavy atom. The Kier molecular flexibility index (Phi) is 5.27. The van der Waals surface area contributed by atoms with Crippen LogP contribution in [0.15, 0.2) is 43.0 Å². The smallest absolute Gasteiger partial charge is 0.315 e. The van der Waals surface area contributed by atoms with E-state index in [0.29, 0.717) is 18.8 Å². The first-order chi connectivity index (χ1) is 12.1. The van der Waals surface area contributed by atoms with Gasteiger partial charge in [-0.3, -0.25) is 4.79 Å². The highest BCUT2D eigenvalue weighted by molar-refractivity contribution is 5.96. The molecule has 1 fully saturated rings. The fourth-order valence-electron chi connectivity index (χ4n) is 2.79. The summed E-state index contributed by atoms with van der Waals surface area (Å²) in [7, 11) is 0. The molecule has 132 valence electrons. The third-order valence-electron chi connectivity index (χ3n) is 4.04. The summed E-state index contributed by atoms with van der Waals surface area (Å²) in [5.41, 5.74) is 0.636. The molecule has 2 N–H and O–H groups in total. The predicted molar refractivity (Wildman–Crippen MR) is 90.5 cm³/mol. The maximum atomic E-state index is 13.0. The summed E-state index contributed by atoms with van der Waals surface area (Å²) in [6.45, 7) is 1.69. The van der Waals surface area contributed by atoms with Crippen molar-refractivity contribution in [3.8, 4) is 0 Å². The Bertz CT molecular complexity index is 717. The first kappa shape index (κ1) is 16.9. The molecule has 8 heteroatoms. The minimum absolute atomic E-state index is 0.0861. The topological polar surface area (TPSA) is 79.3 Å². The van der Waals surface area contributed by atoms with Crippen LogP contribution in [0.25, 0.3) is 0 Å². The van der Waals surface area contributed by atoms with Gasteiger partial charge in [0.15, 0.2) is 0 Å². The first-order valence-corrected chi connectivity index (χ1v) is 8.18. The number of hydrogen-bond acceptors (Lipinski definition) is 3. The van der Waals surface area contributed by atoms with Gasteiger partial charge in [-0.05, 0) is 30.7 Å². The second kappa shape index (κ2) is 7.78. The molecular formula is C17H20FN5O2. The fraction of sp³-hybridized carbons (Fsp3) is 0.353. The molecule has 0 aliphatic carbocycles. The average molecular weight is 345 g/mol. The van der Waals surface area contributed by atoms with Crippen LogP contribution < -0.4 is 15.5 Å². The highest BCUT2D eigenvalue weighted by Gasteiger charge is 2.31. The molecule has 7 nitrogen and oxygen atoms in total. The van der Waals surface area contributed by atoms with Gasteiger partial charge in [-0.25, -0.2) is 14.2 Å². The van der Waals surface area contributed by atoms with Crippen molar-refractivity contribution in [3.63, 3.8) is 0 Å². The molecule has 1 aromatic carbocycles. The van der Waals surface area contributed by atoms with Crippen molar-refractivity contribution in [1.82, 2.24) is 20.2 Å². The number of nitrogens with one attached hydrogen (secondary N) is 2. The van der Waals surface area contributed by atoms with Crippen molar-refractivity contribution >= 4 is 17.6 Å². The minimum atomic E-state index is -0.347. The number of aromatic nitrogens is 2. The Balaban J connectivity index is 1.41. The van der Waals surface area contributed by atoms with Gasteiger partial charge in [0, 0.05) is 44.1 Å². The Hall–Kier alpha value is -2.90. The SMILES string of the molecule is O=C(NCCCn1ccnc1)NC1CC(=O)N(c2ccc(F)cc2)C1. The Labute approximate surface area is 144 Å². The van der Waals surface area contributed by atoms with E-state index in [1.807, 2.05) is 10.8 Å². The molecule has 0 saturated carbocycles. The molecule has 3 rings (SSSR count). The lowest BCUT2D eigenvalue weighted by Gasteiger charge is -2.17. The molecule has 0 spiro atoms. The van der Waals surface area contributed by atoms with Crippen molar-refractivity contribution in [2.75, 3.05) is 18.0 Å². The lowest BCUT2D eigenvalue weighted by atomic mass is 10.2. The van der Waals surface area contributed by atoms with E-state index in [-0.39, 0.29) is 30.2 Å². The molecule has 1 aliphatic heterocycles. The van der Waals surface area contributed by atoms with Crippen LogP contribution in [0.4, 0.5) is 14.9 Å². The predicted octanol–water partition coefficient (Wildman–Crippen LogP) is 1.52. The van der Waals surface area contributed by atoms with Crippen LogP contribution >= 0.6 is 0 Å². The van der Waals surface area contributed by atoms with Crippen molar-refractivity contribution in [1.29, 1.82) is 0 Å². The van der Waals surface area contributed by atoms with E-state index < -0.39 is 0 Å². The number of benzene rings is 1. The van der Waals surface area contributed by atoms with Crippen molar-refractivity contribution < 1.29 is 14.0 Å². The number of nitrogens with zero attached hydrogens (tertiary/aromatic N) is 3. The highest BCUT2D eigenvalue weighted by atomic mass is 19.1. The van der Waals surface area contributed by atoms with Crippen LogP contribution in [0.1, 0.15) is 12.8 Å². The number of urea groups is 1. The van der Waals surface area contributed by atoms with Crippen LogP contribution in [0, 0.1) is 5.82 Å². The fourth-order valence-corrected chi connectivity index (χ4v) is 2.79. The van der Waals surface area contributed by atoms with Crippen LogP contribution in [0.2, 0.25) is 0 Å². The van der Waals surface area contributed by atoms with E-state index >= 15 is 0 Å². The lowest BCUT2D eigenvalue weighted by molar-refractivity contribution is -0.117. The number of aryl methyl sites for hydroxylation is 1. The summed E-state index contributed by atoms with van der Waals surface area (Å²) in [5, 5.41) is 5.59. The van der Waals surface area contributed by atoms with Crippen LogP contribution in [0.5, 0.6) is 0 Å². The Morgan fingerprint density at radius 3 is 2.84 bits per heavy atom. The number of anilines is 1. The molecule has 1 aliphatic rings. The van der Waals surface area contributed by atoms with Crippen LogP contribution in [0.3, 0.4) is 0 Å². The summed E-state index contributed by atoms with van der Waals surface area (Å²) < 4.78 is 14.9. The third kappa shape index (κ3) is 4.56. The maximum Gasteiger partial charge on any atom is 0.315 e. The normalized spacial score (nSPS) is 16.9. The van der Waals surface area contributed by atoms with Crippen molar-refractivity contribution in [2.24, 2.45) is 0 Å². The molecule has 2 heterocycles. The van der Waals surface area contributed by atoms with E-state index in [0.717, 1.165) is 13.0 Å². The van der Waals surface area contributed by atoms with Gasteiger partial charge in [-0.1, -0.05) is 0 Å². The van der Waals surface area contributed by atoms with Gasteiger partial charge in [-0.2, -0.15) is 0 Å². The van der Waals surface area contributed by atoms with E-state index in [1.165, 1.54) is 12.1 Å². The van der Waals surface area contributed by atoms with Gasteiger partial charge in [0.05, 0.1) is 12.4 Å². The zero-order chi connectivity index (χ0) is 17.6. The molecule has 1 atom stereocenters. The summed E-state index contributed by atoms with van der Waals surface area (Å²) in [4.78, 5) is 29.5. The number of rotatable bonds is 6. The van der Waals surface area contributed by atoms with Gasteiger partial charge < -0.3 is 20.1 Å². The molecule has 1 unspecified atom stereocenters. The van der Waals surface area contributed by atoms with Crippen molar-refractivity contribution in [2.45, 2.75) is 25.4 Å². The second-order valence-corrected chi connectivity index (χ2v) is 5.94. The molecule has 3 amide bonds. The quantitative estimate of drug-likeness (QED) is 0.779. The highest BCUT2D eigenvalue weighted by Crippen LogP contribution is 2.21. The van der Waals surface area contributed by atoms with Crippen LogP contribution in [-0.2, 0) is 11.3 Å². The van der Waals surface area contributed by atoms with Gasteiger partial charge in [0.25, 0.3) is 0 Å². The number of hydrogen-bond donors (Lipinski definition) is 2. The zero-order valence-corrected chi connectivity index (χ0v) is 13.7. The second-order valence-electron chi connectivity index (χ2n) is 5.94. The molecule has 1 saturated heterocycles. The van der Waals surface area contributed by atoms with Crippen LogP contribution in [-0.4, -0.2) is 40.6 Å². The molecule has 0 bridgehead atoms. The number of carbonyl (C=O) groups excluding carboxylic acids is 2. The van der Waals surface area contributed by atoms with E-state index in [2.05, 4.69) is 15.6 Å². The zero-order valence-electron chi connectivity index (χ0n) is 13.7. The maximum absolute atomic E-state index is 13.0. The van der Waals surface area contributed by atoms with Crippen molar-refractivity contribution in [3.05, 3.63) is 48.8 Å². The third-order valence-corrected chi connectivity index (χ3v) is 4.04. The molecule has 25 heavy (non-hydrogen) atoms. The summed E-state index contributed by atoms with van der Waals surface area (Å²) in [5.74, 6) is -0.433. The van der Waals surface area contributed by atoms with Gasteiger partial charge in [0.2, 0.25) is 5.91 Å². The molecule has 1 aromatic heterocycles. The van der Waals surface area contributed by atoms with E-state index in [9.17, 15) is 14.0 Å². The number of halogens is 1. The van der Waals surface area contributed by atoms with E-state index in [4.69, 9.17) is 0 Å². The number of imidazole rings is 1. The monoisotopic (exact) mass is 345 g/mol. The number of amides is 3.